The molecule has 41 heteroatoms. The Morgan fingerprint density at radius 2 is 1.00 bits per heavy atom. The fourth-order valence-electron chi connectivity index (χ4n) is 16.7. The van der Waals surface area contributed by atoms with Crippen molar-refractivity contribution >= 4 is 140 Å². The molecular weight excluding hydrogens is 1680 g/mol. The van der Waals surface area contributed by atoms with E-state index >= 15 is 28.8 Å². The van der Waals surface area contributed by atoms with Crippen molar-refractivity contribution in [1.82, 2.24) is 82.3 Å². The molecule has 20 N–H and O–H groups in total. The number of carbonyl (C=O) groups is 18. The summed E-state index contributed by atoms with van der Waals surface area (Å²) in [5.74, 6) is -19.4. The number of hydrogen-bond donors (Lipinski definition) is 17. The number of hydrogen-bond acceptors (Lipinski definition) is 22. The standard InChI is InChI=1S/C87H119N19O21S/c1-6-8-21-65-79(119)94-48(3)75(115)101-64(77(117)93-45-71(90)109)46-128-47-72(110)95-60(37-49-26-28-53(107)29-27-49)85(125)105-35-15-24-67(105)81(121)99-62(41-74(113)114)86(126)106-36-16-25-68(106)82(122)100-63(42-89)78(118)96-58(30-31-73(111)112)84(124)104-34-14-23-66(104)80(120)97-59(38-51-43-91-56-19-12-10-17-54(51)56)70(108)40-50(32-33-88)76(116)98-61(39-52-44-92-57-20-13-11-18-55(52)57)83(123)103(5)69(22-9-7-2)87(127)102(65)4/h10-13,17-20,26-29,43-44,48,50,58-69,91-92,107H,6-9,14-16,21-25,30-42,45-47,88-89H2,1-5H3,(H2,90,109)(H,93,117)(H,94,119)(H,95,110)(H,96,118)(H,97,120)(H,98,116)(H,99,121)(H,100,122)(H,101,115)(H,111,112)(H,113,114)/t48-,50+,58-,59-,60-,61-,62?,63-,64-,65-,66-,67-,68-,69-/m0/s1. The van der Waals surface area contributed by atoms with Crippen LogP contribution in [0.15, 0.2) is 85.2 Å². The van der Waals surface area contributed by atoms with Crippen molar-refractivity contribution in [2.24, 2.45) is 23.1 Å². The monoisotopic (exact) mass is 1800 g/mol. The second-order valence-electron chi connectivity index (χ2n) is 32.9. The molecular formula is C87H119N19O21S. The smallest absolute Gasteiger partial charge is 0.305 e. The number of ketones is 1. The molecule has 14 atom stereocenters. The number of para-hydroxylation sites is 2. The third-order valence-corrected chi connectivity index (χ3v) is 24.8. The van der Waals surface area contributed by atoms with Crippen molar-refractivity contribution in [3.05, 3.63) is 102 Å². The largest absolute Gasteiger partial charge is 0.508 e. The van der Waals surface area contributed by atoms with Crippen molar-refractivity contribution in [3.8, 4) is 5.75 Å². The van der Waals surface area contributed by atoms with E-state index in [9.17, 15) is 72.9 Å². The highest BCUT2D eigenvalue weighted by Gasteiger charge is 2.46. The van der Waals surface area contributed by atoms with Crippen LogP contribution in [0.2, 0.25) is 0 Å². The highest BCUT2D eigenvalue weighted by Crippen LogP contribution is 2.29. The predicted molar refractivity (Wildman–Crippen MR) is 468 cm³/mol. The Hall–Kier alpha value is -12.5. The number of benzene rings is 3. The SMILES string of the molecule is CCCC[C@H]1C(=O)N(C)[C@@H](CCCC)C(=O)N[C@@H](C)C(=O)N[C@H](C(=O)NCC(N)=O)CSCC(=O)N[C@@H](Cc2ccc(O)cc2)C(=O)N2CCC[C@H]2C(=O)NC(CC(=O)O)C(=O)N2CCC[C@H]2C(=O)N[C@@H](CN)C(=O)N[C@@H](CCC(=O)O)C(=O)N2CCC[C@H]2C(=O)N[C@@H](Cc2c[nH]c3ccccc23)C(=O)C[C@@H](CCN)C(=O)N[C@@H](Cc2c[nH]c3ccccc23)C(=O)N1C. The van der Waals surface area contributed by atoms with E-state index < -0.39 is 241 Å². The predicted octanol–water partition coefficient (Wildman–Crippen LogP) is -1.14. The Balaban J connectivity index is 1.07. The molecule has 15 amide bonds. The second kappa shape index (κ2) is 47.3. The van der Waals surface area contributed by atoms with E-state index in [1.807, 2.05) is 26.0 Å². The van der Waals surface area contributed by atoms with E-state index in [4.69, 9.17) is 17.2 Å². The summed E-state index contributed by atoms with van der Waals surface area (Å²) in [5, 5.41) is 55.2. The molecule has 40 nitrogen and oxygen atoms in total. The van der Waals surface area contributed by atoms with Crippen LogP contribution < -0.4 is 65.1 Å². The molecule has 9 rings (SSSR count). The number of phenols is 1. The van der Waals surface area contributed by atoms with Crippen LogP contribution in [-0.4, -0.2) is 300 Å². The maximum atomic E-state index is 15.7. The summed E-state index contributed by atoms with van der Waals surface area (Å²) in [6, 6.07) is 0.531. The number of aromatic hydroxyl groups is 1. The number of carboxylic acid groups (broad SMARTS) is 2. The van der Waals surface area contributed by atoms with Gasteiger partial charge in [-0.15, -0.1) is 11.8 Å². The number of fused-ring (bicyclic) bond motifs is 5. The molecule has 6 heterocycles. The summed E-state index contributed by atoms with van der Waals surface area (Å²) < 4.78 is 0. The molecule has 4 aliphatic rings. The first-order valence-corrected chi connectivity index (χ1v) is 44.6. The molecule has 4 fully saturated rings. The van der Waals surface area contributed by atoms with E-state index in [0.717, 1.165) is 26.5 Å². The van der Waals surface area contributed by atoms with Crippen LogP contribution in [0.5, 0.6) is 5.75 Å². The number of amides is 15. The zero-order valence-electron chi connectivity index (χ0n) is 72.5. The van der Waals surface area contributed by atoms with E-state index in [-0.39, 0.29) is 109 Å². The van der Waals surface area contributed by atoms with Gasteiger partial charge in [0.15, 0.2) is 5.78 Å². The zero-order chi connectivity index (χ0) is 93.2. The maximum absolute atomic E-state index is 15.7. The first-order valence-electron chi connectivity index (χ1n) is 43.4. The summed E-state index contributed by atoms with van der Waals surface area (Å²) in [5.41, 5.74) is 20.7. The summed E-state index contributed by atoms with van der Waals surface area (Å²) in [6.07, 6.45) is 2.09. The van der Waals surface area contributed by atoms with Gasteiger partial charge in [0.2, 0.25) is 88.6 Å². The van der Waals surface area contributed by atoms with Crippen LogP contribution in [0, 0.1) is 5.92 Å². The van der Waals surface area contributed by atoms with Crippen LogP contribution in [-0.2, 0) is 106 Å². The van der Waals surface area contributed by atoms with E-state index in [2.05, 4.69) is 57.8 Å². The second-order valence-corrected chi connectivity index (χ2v) is 33.9. The third kappa shape index (κ3) is 26.6. The lowest BCUT2D eigenvalue weighted by molar-refractivity contribution is -0.149. The van der Waals surface area contributed by atoms with Crippen molar-refractivity contribution in [1.29, 1.82) is 0 Å². The van der Waals surface area contributed by atoms with Gasteiger partial charge in [0.05, 0.1) is 24.8 Å². The molecule has 0 aliphatic carbocycles. The molecule has 2 aromatic heterocycles. The number of Topliss-reactive ketones (excluding diaryl/α,β-unsaturated/α-hetero) is 1. The highest BCUT2D eigenvalue weighted by atomic mass is 32.2. The van der Waals surface area contributed by atoms with Gasteiger partial charge in [0, 0.05) is 118 Å². The Kier molecular flexibility index (Phi) is 36.7. The van der Waals surface area contributed by atoms with Crippen molar-refractivity contribution in [3.63, 3.8) is 0 Å². The highest BCUT2D eigenvalue weighted by molar-refractivity contribution is 8.00. The molecule has 0 spiro atoms. The molecule has 4 aliphatic heterocycles. The Morgan fingerprint density at radius 3 is 1.53 bits per heavy atom. The number of rotatable bonds is 23. The van der Waals surface area contributed by atoms with Crippen LogP contribution in [0.3, 0.4) is 0 Å². The van der Waals surface area contributed by atoms with Gasteiger partial charge >= 0.3 is 11.9 Å². The van der Waals surface area contributed by atoms with Gasteiger partial charge in [-0.05, 0) is 119 Å². The number of aliphatic carboxylic acids is 2. The van der Waals surface area contributed by atoms with Gasteiger partial charge in [0.25, 0.3) is 0 Å². The molecule has 0 radical (unpaired) electrons. The Labute approximate surface area is 743 Å². The summed E-state index contributed by atoms with van der Waals surface area (Å²) in [7, 11) is 2.77. The van der Waals surface area contributed by atoms with E-state index in [1.165, 1.54) is 55.1 Å². The fourth-order valence-corrected chi connectivity index (χ4v) is 17.6. The maximum Gasteiger partial charge on any atom is 0.305 e. The molecule has 0 bridgehead atoms. The molecule has 694 valence electrons. The third-order valence-electron chi connectivity index (χ3n) is 23.7. The first kappa shape index (κ1) is 99.2. The van der Waals surface area contributed by atoms with Gasteiger partial charge in [-0.2, -0.15) is 0 Å². The summed E-state index contributed by atoms with van der Waals surface area (Å²) in [6.45, 7) is 3.17. The van der Waals surface area contributed by atoms with Crippen LogP contribution >= 0.6 is 11.8 Å². The quantitative estimate of drug-likeness (QED) is 0.0367. The number of phenolic OH excluding ortho intramolecular Hbond substituents is 1. The van der Waals surface area contributed by atoms with E-state index in [1.54, 1.807) is 48.8 Å². The van der Waals surface area contributed by atoms with E-state index in [0.29, 0.717) is 64.2 Å². The number of nitrogens with one attached hydrogen (secondary N) is 11. The topological polar surface area (TPSA) is 602 Å². The Morgan fingerprint density at radius 1 is 0.508 bits per heavy atom. The number of aromatic amines is 2. The number of likely N-dealkylation sites (N-methyl/N-ethyl adjacent to an activating group) is 2. The lowest BCUT2D eigenvalue weighted by Crippen LogP contribution is -2.61. The average Bonchev–Trinajstić information content (AvgIpc) is 1.75. The number of unbranched alkanes of at least 4 members (excludes halogenated alkanes) is 2. The lowest BCUT2D eigenvalue weighted by atomic mass is 9.91. The van der Waals surface area contributed by atoms with Gasteiger partial charge in [-0.1, -0.05) is 88.1 Å². The van der Waals surface area contributed by atoms with Gasteiger partial charge < -0.3 is 115 Å². The Bertz CT molecular complexity index is 4870. The van der Waals surface area contributed by atoms with Crippen molar-refractivity contribution < 1.29 is 102 Å². The normalized spacial score (nSPS) is 25.4. The number of thioether (sulfide) groups is 1. The molecule has 5 aromatic rings. The minimum absolute atomic E-state index is 0.00351. The minimum atomic E-state index is -1.88. The van der Waals surface area contributed by atoms with Crippen molar-refractivity contribution in [2.45, 2.75) is 228 Å². The van der Waals surface area contributed by atoms with Crippen LogP contribution in [0.25, 0.3) is 21.8 Å². The van der Waals surface area contributed by atoms with Crippen LogP contribution in [0.1, 0.15) is 147 Å². The summed E-state index contributed by atoms with van der Waals surface area (Å²) >= 11 is 0.789. The number of nitrogens with two attached hydrogens (primary N) is 3. The van der Waals surface area contributed by atoms with Gasteiger partial charge in [-0.3, -0.25) is 86.3 Å². The average molecular weight is 1800 g/mol. The lowest BCUT2D eigenvalue weighted by Gasteiger charge is -2.36. The van der Waals surface area contributed by atoms with Gasteiger partial charge in [-0.25, -0.2) is 0 Å². The van der Waals surface area contributed by atoms with Crippen molar-refractivity contribution in [2.75, 3.05) is 64.9 Å². The number of carboxylic acids is 2. The molecule has 128 heavy (non-hydrogen) atoms. The number of aromatic nitrogens is 2. The van der Waals surface area contributed by atoms with Crippen LogP contribution in [0.4, 0.5) is 0 Å². The zero-order valence-corrected chi connectivity index (χ0v) is 73.3. The number of nitrogens with zero attached hydrogens (tertiary/aromatic N) is 5. The first-order chi connectivity index (χ1) is 61.1. The number of carbonyl (C=O) groups excluding carboxylic acids is 16. The molecule has 3 aromatic carbocycles. The molecule has 0 saturated carbocycles. The fraction of sp³-hybridized carbons (Fsp3) is 0.540. The summed E-state index contributed by atoms with van der Waals surface area (Å²) in [4.78, 5) is 271. The number of primary amides is 1. The van der Waals surface area contributed by atoms with Gasteiger partial charge in [0.1, 0.15) is 78.3 Å². The molecule has 4 saturated heterocycles. The number of H-pyrrole nitrogens is 2. The molecule has 1 unspecified atom stereocenters. The minimum Gasteiger partial charge on any atom is -0.508 e.